The summed E-state index contributed by atoms with van der Waals surface area (Å²) in [5.41, 5.74) is 0.582. The van der Waals surface area contributed by atoms with Crippen molar-refractivity contribution in [1.82, 2.24) is 9.80 Å². The first-order valence-corrected chi connectivity index (χ1v) is 10.6. The van der Waals surface area contributed by atoms with Crippen LogP contribution in [0.1, 0.15) is 59.3 Å². The molecule has 3 nitrogen and oxygen atoms in total. The van der Waals surface area contributed by atoms with Crippen LogP contribution >= 0.6 is 0 Å². The van der Waals surface area contributed by atoms with Crippen LogP contribution in [0.5, 0.6) is 0 Å². The Labute approximate surface area is 149 Å². The molecule has 1 saturated carbocycles. The van der Waals surface area contributed by atoms with Crippen LogP contribution in [0, 0.1) is 23.2 Å². The zero-order valence-electron chi connectivity index (χ0n) is 16.2. The molecule has 3 aliphatic heterocycles. The number of ether oxygens (including phenoxy) is 1. The van der Waals surface area contributed by atoms with Crippen LogP contribution in [0.25, 0.3) is 0 Å². The smallest absolute Gasteiger partial charge is 0.0545 e. The summed E-state index contributed by atoms with van der Waals surface area (Å²) in [6, 6.07) is 1.52. The van der Waals surface area contributed by atoms with E-state index in [9.17, 15) is 0 Å². The van der Waals surface area contributed by atoms with Gasteiger partial charge in [0, 0.05) is 30.6 Å². The molecule has 0 aromatic rings. The number of fused-ring (bicyclic) bond motifs is 1. The Morgan fingerprint density at radius 1 is 0.958 bits per heavy atom. The molecule has 0 bridgehead atoms. The van der Waals surface area contributed by atoms with Gasteiger partial charge in [-0.15, -0.1) is 0 Å². The molecule has 4 unspecified atom stereocenters. The number of hydrogen-bond donors (Lipinski definition) is 0. The molecule has 1 spiro atoms. The van der Waals surface area contributed by atoms with Gasteiger partial charge < -0.3 is 14.5 Å². The van der Waals surface area contributed by atoms with Gasteiger partial charge in [-0.3, -0.25) is 0 Å². The number of rotatable bonds is 4. The van der Waals surface area contributed by atoms with Crippen molar-refractivity contribution < 1.29 is 4.74 Å². The first-order chi connectivity index (χ1) is 11.5. The normalized spacial score (nSPS) is 38.2. The predicted octanol–water partition coefficient (Wildman–Crippen LogP) is 3.63. The van der Waals surface area contributed by atoms with Crippen molar-refractivity contribution in [1.29, 1.82) is 0 Å². The van der Waals surface area contributed by atoms with Crippen molar-refractivity contribution in [3.8, 4) is 0 Å². The predicted molar refractivity (Wildman–Crippen MR) is 99.2 cm³/mol. The fourth-order valence-corrected chi connectivity index (χ4v) is 5.95. The molecule has 3 saturated heterocycles. The summed E-state index contributed by atoms with van der Waals surface area (Å²) in [6.45, 7) is 14.7. The number of hydrogen-bond acceptors (Lipinski definition) is 3. The lowest BCUT2D eigenvalue weighted by atomic mass is 9.73. The SMILES string of the molecule is CC(C)N1CC2CCC(CC(C)N3CCC4(CC3)COC4)CC2C1. The van der Waals surface area contributed by atoms with E-state index < -0.39 is 0 Å². The molecule has 4 fully saturated rings. The van der Waals surface area contributed by atoms with E-state index in [1.54, 1.807) is 0 Å². The molecular weight excluding hydrogens is 296 g/mol. The second kappa shape index (κ2) is 6.89. The summed E-state index contributed by atoms with van der Waals surface area (Å²) >= 11 is 0. The van der Waals surface area contributed by atoms with Crippen LogP contribution in [0.4, 0.5) is 0 Å². The average molecular weight is 335 g/mol. The molecule has 4 aliphatic rings. The second-order valence-corrected chi connectivity index (χ2v) is 9.86. The summed E-state index contributed by atoms with van der Waals surface area (Å²) in [5, 5.41) is 0. The van der Waals surface area contributed by atoms with Crippen LogP contribution < -0.4 is 0 Å². The van der Waals surface area contributed by atoms with Crippen molar-refractivity contribution in [3.05, 3.63) is 0 Å². The van der Waals surface area contributed by atoms with Crippen LogP contribution in [0.2, 0.25) is 0 Å². The van der Waals surface area contributed by atoms with E-state index in [-0.39, 0.29) is 0 Å². The largest absolute Gasteiger partial charge is 0.380 e. The third-order valence-corrected chi connectivity index (χ3v) is 7.89. The summed E-state index contributed by atoms with van der Waals surface area (Å²) in [7, 11) is 0. The molecule has 24 heavy (non-hydrogen) atoms. The Morgan fingerprint density at radius 3 is 2.29 bits per heavy atom. The van der Waals surface area contributed by atoms with Gasteiger partial charge >= 0.3 is 0 Å². The van der Waals surface area contributed by atoms with Gasteiger partial charge in [-0.2, -0.15) is 0 Å². The van der Waals surface area contributed by atoms with E-state index in [1.165, 1.54) is 64.7 Å². The number of likely N-dealkylation sites (tertiary alicyclic amines) is 2. The first kappa shape index (κ1) is 17.3. The van der Waals surface area contributed by atoms with Crippen LogP contribution in [-0.2, 0) is 4.74 Å². The highest BCUT2D eigenvalue weighted by Crippen LogP contribution is 2.42. The maximum absolute atomic E-state index is 5.48. The van der Waals surface area contributed by atoms with Crippen molar-refractivity contribution in [2.75, 3.05) is 39.4 Å². The fourth-order valence-electron chi connectivity index (χ4n) is 5.95. The topological polar surface area (TPSA) is 15.7 Å². The Kier molecular flexibility index (Phi) is 4.96. The molecule has 3 heteroatoms. The molecule has 138 valence electrons. The molecule has 4 rings (SSSR count). The monoisotopic (exact) mass is 334 g/mol. The van der Waals surface area contributed by atoms with Gasteiger partial charge in [0.2, 0.25) is 0 Å². The Morgan fingerprint density at radius 2 is 1.67 bits per heavy atom. The van der Waals surface area contributed by atoms with E-state index >= 15 is 0 Å². The van der Waals surface area contributed by atoms with Crippen molar-refractivity contribution in [2.45, 2.75) is 71.4 Å². The van der Waals surface area contributed by atoms with E-state index in [2.05, 4.69) is 30.6 Å². The number of piperidine rings is 1. The lowest BCUT2D eigenvalue weighted by Crippen LogP contribution is -2.52. The van der Waals surface area contributed by atoms with E-state index in [0.717, 1.165) is 43.1 Å². The van der Waals surface area contributed by atoms with Crippen LogP contribution in [-0.4, -0.2) is 61.3 Å². The summed E-state index contributed by atoms with van der Waals surface area (Å²) < 4.78 is 5.48. The summed E-state index contributed by atoms with van der Waals surface area (Å²) in [5.74, 6) is 2.99. The average Bonchev–Trinajstić information content (AvgIpc) is 2.97. The summed E-state index contributed by atoms with van der Waals surface area (Å²) in [6.07, 6.45) is 8.67. The Balaban J connectivity index is 1.24. The lowest BCUT2D eigenvalue weighted by Gasteiger charge is -2.49. The maximum atomic E-state index is 5.48. The van der Waals surface area contributed by atoms with Crippen molar-refractivity contribution in [3.63, 3.8) is 0 Å². The molecule has 4 atom stereocenters. The molecule has 0 amide bonds. The van der Waals surface area contributed by atoms with E-state index in [0.29, 0.717) is 5.41 Å². The van der Waals surface area contributed by atoms with Gasteiger partial charge in [0.15, 0.2) is 0 Å². The highest BCUT2D eigenvalue weighted by molar-refractivity contribution is 4.94. The molecule has 1 aliphatic carbocycles. The highest BCUT2D eigenvalue weighted by Gasteiger charge is 2.42. The zero-order valence-corrected chi connectivity index (χ0v) is 16.2. The van der Waals surface area contributed by atoms with Gasteiger partial charge in [-0.1, -0.05) is 6.42 Å². The van der Waals surface area contributed by atoms with Crippen LogP contribution in [0.3, 0.4) is 0 Å². The Bertz CT molecular complexity index is 424. The van der Waals surface area contributed by atoms with Gasteiger partial charge in [-0.25, -0.2) is 0 Å². The molecule has 0 aromatic carbocycles. The quantitative estimate of drug-likeness (QED) is 0.781. The van der Waals surface area contributed by atoms with Gasteiger partial charge in [0.25, 0.3) is 0 Å². The second-order valence-electron chi connectivity index (χ2n) is 9.86. The highest BCUT2D eigenvalue weighted by atomic mass is 16.5. The molecular formula is C21H38N2O. The molecule has 0 radical (unpaired) electrons. The van der Waals surface area contributed by atoms with Gasteiger partial charge in [0.05, 0.1) is 13.2 Å². The molecule has 3 heterocycles. The van der Waals surface area contributed by atoms with Gasteiger partial charge in [0.1, 0.15) is 0 Å². The maximum Gasteiger partial charge on any atom is 0.0545 e. The zero-order chi connectivity index (χ0) is 16.7. The fraction of sp³-hybridized carbons (Fsp3) is 1.00. The summed E-state index contributed by atoms with van der Waals surface area (Å²) in [4.78, 5) is 5.51. The minimum atomic E-state index is 0.582. The number of nitrogens with zero attached hydrogens (tertiary/aromatic N) is 2. The molecule has 0 aromatic heterocycles. The third kappa shape index (κ3) is 3.41. The molecule has 0 N–H and O–H groups in total. The Hall–Kier alpha value is -0.120. The minimum Gasteiger partial charge on any atom is -0.380 e. The van der Waals surface area contributed by atoms with Gasteiger partial charge in [-0.05, 0) is 83.7 Å². The standard InChI is InChI=1S/C21H38N2O/c1-16(2)23-12-19-5-4-18(11-20(19)13-23)10-17(3)22-8-6-21(7-9-22)14-24-15-21/h16-20H,4-15H2,1-3H3. The van der Waals surface area contributed by atoms with Crippen molar-refractivity contribution in [2.24, 2.45) is 23.2 Å². The lowest BCUT2D eigenvalue weighted by molar-refractivity contribution is -0.142. The van der Waals surface area contributed by atoms with E-state index in [4.69, 9.17) is 4.74 Å². The van der Waals surface area contributed by atoms with E-state index in [1.807, 2.05) is 0 Å². The van der Waals surface area contributed by atoms with Crippen molar-refractivity contribution >= 4 is 0 Å². The third-order valence-electron chi connectivity index (χ3n) is 7.89. The van der Waals surface area contributed by atoms with Crippen LogP contribution in [0.15, 0.2) is 0 Å². The first-order valence-electron chi connectivity index (χ1n) is 10.6. The minimum absolute atomic E-state index is 0.582.